The van der Waals surface area contributed by atoms with Gasteiger partial charge in [0, 0.05) is 0 Å². The van der Waals surface area contributed by atoms with Crippen molar-refractivity contribution in [2.24, 2.45) is 11.3 Å². The molecule has 1 unspecified atom stereocenters. The van der Waals surface area contributed by atoms with Crippen molar-refractivity contribution in [2.75, 3.05) is 0 Å². The molecular weight excluding hydrogens is 172 g/mol. The molecule has 3 aliphatic rings. The molecule has 1 heteroatoms. The van der Waals surface area contributed by atoms with Gasteiger partial charge in [-0.2, -0.15) is 0 Å². The third kappa shape index (κ3) is 1.25. The van der Waals surface area contributed by atoms with E-state index in [1.165, 1.54) is 51.4 Å². The van der Waals surface area contributed by atoms with Crippen LogP contribution in [0.4, 0.5) is 0 Å². The highest BCUT2D eigenvalue weighted by atomic mass is 16.3. The fourth-order valence-electron chi connectivity index (χ4n) is 3.78. The zero-order valence-corrected chi connectivity index (χ0v) is 9.10. The summed E-state index contributed by atoms with van der Waals surface area (Å²) in [5, 5.41) is 10.7. The van der Waals surface area contributed by atoms with Crippen LogP contribution in [0, 0.1) is 11.3 Å². The van der Waals surface area contributed by atoms with E-state index < -0.39 is 0 Å². The van der Waals surface area contributed by atoms with Gasteiger partial charge in [0.25, 0.3) is 0 Å². The molecule has 14 heavy (non-hydrogen) atoms. The third-order valence-corrected chi connectivity index (χ3v) is 5.21. The van der Waals surface area contributed by atoms with Crippen molar-refractivity contribution in [1.29, 1.82) is 0 Å². The van der Waals surface area contributed by atoms with Crippen molar-refractivity contribution < 1.29 is 5.11 Å². The predicted molar refractivity (Wildman–Crippen MR) is 57.0 cm³/mol. The van der Waals surface area contributed by atoms with Crippen molar-refractivity contribution in [3.05, 3.63) is 0 Å². The second-order valence-electron chi connectivity index (χ2n) is 6.00. The summed E-state index contributed by atoms with van der Waals surface area (Å²) in [6.45, 7) is 0. The van der Waals surface area contributed by atoms with Crippen LogP contribution < -0.4 is 0 Å². The molecule has 0 radical (unpaired) electrons. The molecule has 3 rings (SSSR count). The van der Waals surface area contributed by atoms with Crippen LogP contribution in [0.3, 0.4) is 0 Å². The summed E-state index contributed by atoms with van der Waals surface area (Å²) in [5.41, 5.74) is 0.149. The van der Waals surface area contributed by atoms with Crippen LogP contribution in [0.2, 0.25) is 0 Å². The summed E-state index contributed by atoms with van der Waals surface area (Å²) in [6, 6.07) is 0. The number of hydrogen-bond donors (Lipinski definition) is 1. The summed E-state index contributed by atoms with van der Waals surface area (Å²) >= 11 is 0. The molecule has 0 bridgehead atoms. The standard InChI is InChI=1S/C13H22O/c14-13(10-5-11-3-4-11)9-2-8-12(13)6-1-7-12/h11,14H,1-10H2. The Hall–Kier alpha value is -0.0400. The molecular formula is C13H22O. The van der Waals surface area contributed by atoms with Gasteiger partial charge in [-0.05, 0) is 56.3 Å². The number of hydrogen-bond acceptors (Lipinski definition) is 1. The first-order chi connectivity index (χ1) is 6.74. The molecule has 80 valence electrons. The second kappa shape index (κ2) is 2.98. The Bertz CT molecular complexity index is 227. The van der Waals surface area contributed by atoms with Crippen LogP contribution in [-0.4, -0.2) is 10.7 Å². The van der Waals surface area contributed by atoms with Crippen molar-refractivity contribution in [1.82, 2.24) is 0 Å². The normalized spacial score (nSPS) is 40.1. The van der Waals surface area contributed by atoms with Gasteiger partial charge in [0.1, 0.15) is 0 Å². The molecule has 3 aliphatic carbocycles. The fraction of sp³-hybridized carbons (Fsp3) is 1.00. The summed E-state index contributed by atoms with van der Waals surface area (Å²) in [7, 11) is 0. The third-order valence-electron chi connectivity index (χ3n) is 5.21. The Morgan fingerprint density at radius 3 is 2.21 bits per heavy atom. The highest BCUT2D eigenvalue weighted by Gasteiger charge is 2.56. The Kier molecular flexibility index (Phi) is 1.96. The maximum Gasteiger partial charge on any atom is 0.0703 e. The fourth-order valence-corrected chi connectivity index (χ4v) is 3.78. The van der Waals surface area contributed by atoms with Crippen molar-refractivity contribution in [3.8, 4) is 0 Å². The minimum atomic E-state index is -0.242. The highest BCUT2D eigenvalue weighted by molar-refractivity contribution is 5.08. The van der Waals surface area contributed by atoms with E-state index in [2.05, 4.69) is 0 Å². The van der Waals surface area contributed by atoms with Crippen LogP contribution in [0.5, 0.6) is 0 Å². The molecule has 1 N–H and O–H groups in total. The average molecular weight is 194 g/mol. The van der Waals surface area contributed by atoms with Gasteiger partial charge >= 0.3 is 0 Å². The maximum absolute atomic E-state index is 10.7. The monoisotopic (exact) mass is 194 g/mol. The second-order valence-corrected chi connectivity index (χ2v) is 6.00. The first kappa shape index (κ1) is 9.21. The molecule has 0 heterocycles. The molecule has 1 nitrogen and oxygen atoms in total. The lowest BCUT2D eigenvalue weighted by atomic mass is 9.59. The smallest absolute Gasteiger partial charge is 0.0703 e. The van der Waals surface area contributed by atoms with Gasteiger partial charge in [-0.15, -0.1) is 0 Å². The summed E-state index contributed by atoms with van der Waals surface area (Å²) < 4.78 is 0. The minimum Gasteiger partial charge on any atom is -0.389 e. The summed E-state index contributed by atoms with van der Waals surface area (Å²) in [6.07, 6.45) is 13.0. The van der Waals surface area contributed by atoms with Crippen LogP contribution in [0.15, 0.2) is 0 Å². The molecule has 1 atom stereocenters. The van der Waals surface area contributed by atoms with Crippen molar-refractivity contribution in [3.63, 3.8) is 0 Å². The Labute approximate surface area is 86.9 Å². The summed E-state index contributed by atoms with van der Waals surface area (Å²) in [5.74, 6) is 0.983. The van der Waals surface area contributed by atoms with Gasteiger partial charge in [-0.3, -0.25) is 0 Å². The molecule has 3 saturated carbocycles. The Balaban J connectivity index is 1.66. The van der Waals surface area contributed by atoms with E-state index in [1.807, 2.05) is 0 Å². The van der Waals surface area contributed by atoms with Gasteiger partial charge in [0.2, 0.25) is 0 Å². The zero-order chi connectivity index (χ0) is 9.65. The minimum absolute atomic E-state index is 0.242. The van der Waals surface area contributed by atoms with E-state index in [0.717, 1.165) is 18.8 Å². The number of rotatable bonds is 3. The lowest BCUT2D eigenvalue weighted by Gasteiger charge is -2.49. The largest absolute Gasteiger partial charge is 0.389 e. The molecule has 3 fully saturated rings. The number of aliphatic hydroxyl groups is 1. The van der Waals surface area contributed by atoms with Crippen molar-refractivity contribution >= 4 is 0 Å². The maximum atomic E-state index is 10.7. The molecule has 0 aromatic heterocycles. The van der Waals surface area contributed by atoms with E-state index in [1.54, 1.807) is 0 Å². The molecule has 1 spiro atoms. The molecule has 0 aliphatic heterocycles. The van der Waals surface area contributed by atoms with Crippen LogP contribution in [0.25, 0.3) is 0 Å². The van der Waals surface area contributed by atoms with Gasteiger partial charge < -0.3 is 5.11 Å². The van der Waals surface area contributed by atoms with Gasteiger partial charge in [-0.25, -0.2) is 0 Å². The van der Waals surface area contributed by atoms with Gasteiger partial charge in [-0.1, -0.05) is 19.3 Å². The zero-order valence-electron chi connectivity index (χ0n) is 9.10. The molecule has 0 saturated heterocycles. The van der Waals surface area contributed by atoms with E-state index in [-0.39, 0.29) is 5.60 Å². The molecule has 0 aromatic carbocycles. The first-order valence-corrected chi connectivity index (χ1v) is 6.47. The topological polar surface area (TPSA) is 20.2 Å². The summed E-state index contributed by atoms with van der Waals surface area (Å²) in [4.78, 5) is 0. The lowest BCUT2D eigenvalue weighted by Crippen LogP contribution is -2.48. The van der Waals surface area contributed by atoms with Gasteiger partial charge in [0.15, 0.2) is 0 Å². The molecule has 0 amide bonds. The van der Waals surface area contributed by atoms with E-state index in [9.17, 15) is 5.11 Å². The quantitative estimate of drug-likeness (QED) is 0.731. The first-order valence-electron chi connectivity index (χ1n) is 6.47. The lowest BCUT2D eigenvalue weighted by molar-refractivity contribution is -0.111. The Morgan fingerprint density at radius 2 is 1.64 bits per heavy atom. The molecule has 0 aromatic rings. The Morgan fingerprint density at radius 1 is 1.00 bits per heavy atom. The van der Waals surface area contributed by atoms with Crippen molar-refractivity contribution in [2.45, 2.75) is 69.8 Å². The highest BCUT2D eigenvalue weighted by Crippen LogP contribution is 2.60. The van der Waals surface area contributed by atoms with Gasteiger partial charge in [0.05, 0.1) is 5.60 Å². The van der Waals surface area contributed by atoms with E-state index in [4.69, 9.17) is 0 Å². The predicted octanol–water partition coefficient (Wildman–Crippen LogP) is 3.26. The van der Waals surface area contributed by atoms with Crippen LogP contribution >= 0.6 is 0 Å². The van der Waals surface area contributed by atoms with Crippen LogP contribution in [-0.2, 0) is 0 Å². The van der Waals surface area contributed by atoms with Crippen LogP contribution in [0.1, 0.15) is 64.2 Å². The van der Waals surface area contributed by atoms with E-state index in [0.29, 0.717) is 5.41 Å². The average Bonchev–Trinajstić information content (AvgIpc) is 2.85. The van der Waals surface area contributed by atoms with E-state index >= 15 is 0 Å². The SMILES string of the molecule is OC1(CCC2CC2)CCCC12CCC2.